The zero-order chi connectivity index (χ0) is 20.1. The molecule has 1 aliphatic heterocycles. The lowest BCUT2D eigenvalue weighted by atomic mass is 9.79. The molecule has 2 N–H and O–H groups in total. The fraction of sp³-hybridized carbons (Fsp3) is 0.409. The molecule has 6 heteroatoms. The number of pyridine rings is 2. The van der Waals surface area contributed by atoms with Crippen LogP contribution in [0.15, 0.2) is 42.7 Å². The number of carbonyl (C=O) groups is 1. The summed E-state index contributed by atoms with van der Waals surface area (Å²) in [6.07, 6.45) is 4.80. The van der Waals surface area contributed by atoms with Gasteiger partial charge in [0.05, 0.1) is 11.0 Å². The third-order valence-electron chi connectivity index (χ3n) is 5.68. The molecule has 0 spiro atoms. The van der Waals surface area contributed by atoms with Gasteiger partial charge in [0, 0.05) is 45.8 Å². The van der Waals surface area contributed by atoms with Crippen LogP contribution >= 0.6 is 0 Å². The average Bonchev–Trinajstić information content (AvgIpc) is 2.65. The Kier molecular flexibility index (Phi) is 4.36. The fourth-order valence-corrected chi connectivity index (χ4v) is 4.60. The number of nitrogens with one attached hydrogen (secondary N) is 1. The Labute approximate surface area is 164 Å². The third-order valence-corrected chi connectivity index (χ3v) is 5.68. The number of hydrogen-bond donors (Lipinski definition) is 2. The Balaban J connectivity index is 1.71. The molecule has 0 radical (unpaired) electrons. The molecule has 0 aliphatic carbocycles. The Morgan fingerprint density at radius 2 is 1.68 bits per heavy atom. The molecule has 6 nitrogen and oxygen atoms in total. The lowest BCUT2D eigenvalue weighted by Crippen LogP contribution is -2.62. The molecular formula is C22H26N4O2. The molecular weight excluding hydrogens is 352 g/mol. The molecule has 3 aromatic rings. The Hall–Kier alpha value is -2.57. The summed E-state index contributed by atoms with van der Waals surface area (Å²) in [5, 5.41) is 16.8. The van der Waals surface area contributed by atoms with E-state index < -0.39 is 11.1 Å². The Morgan fingerprint density at radius 3 is 2.36 bits per heavy atom. The maximum absolute atomic E-state index is 13.2. The normalized spacial score (nSPS) is 19.8. The molecule has 1 aromatic carbocycles. The first-order chi connectivity index (χ1) is 13.2. The predicted molar refractivity (Wildman–Crippen MR) is 109 cm³/mol. The third kappa shape index (κ3) is 3.12. The van der Waals surface area contributed by atoms with Crippen LogP contribution in [0.1, 0.15) is 50.9 Å². The van der Waals surface area contributed by atoms with E-state index in [9.17, 15) is 10.0 Å². The molecule has 0 unspecified atom stereocenters. The summed E-state index contributed by atoms with van der Waals surface area (Å²) in [4.78, 5) is 22.2. The number of amides is 1. The van der Waals surface area contributed by atoms with Gasteiger partial charge in [-0.3, -0.25) is 14.8 Å². The summed E-state index contributed by atoms with van der Waals surface area (Å²) in [5.41, 5.74) is 1.29. The number of aromatic nitrogens is 2. The highest BCUT2D eigenvalue weighted by Gasteiger charge is 2.45. The van der Waals surface area contributed by atoms with Gasteiger partial charge >= 0.3 is 0 Å². The number of piperidine rings is 1. The maximum atomic E-state index is 13.2. The van der Waals surface area contributed by atoms with Crippen molar-refractivity contribution in [2.45, 2.75) is 57.7 Å². The van der Waals surface area contributed by atoms with Gasteiger partial charge in [-0.05, 0) is 58.7 Å². The fourth-order valence-electron chi connectivity index (χ4n) is 4.60. The maximum Gasteiger partial charge on any atom is 0.252 e. The smallest absolute Gasteiger partial charge is 0.252 e. The largest absolute Gasteiger partial charge is 0.349 e. The summed E-state index contributed by atoms with van der Waals surface area (Å²) in [6, 6.07) is 9.42. The summed E-state index contributed by atoms with van der Waals surface area (Å²) < 4.78 is 0. The van der Waals surface area contributed by atoms with Crippen LogP contribution in [0.2, 0.25) is 0 Å². The molecule has 4 rings (SSSR count). The number of hydrogen-bond acceptors (Lipinski definition) is 5. The number of rotatable bonds is 2. The minimum absolute atomic E-state index is 0.0304. The van der Waals surface area contributed by atoms with Gasteiger partial charge in [0.2, 0.25) is 0 Å². The number of nitrogens with zero attached hydrogens (tertiary/aromatic N) is 3. The Bertz CT molecular complexity index is 1040. The number of benzene rings is 1. The summed E-state index contributed by atoms with van der Waals surface area (Å²) >= 11 is 0. The van der Waals surface area contributed by atoms with Crippen molar-refractivity contribution in [2.75, 3.05) is 0 Å². The van der Waals surface area contributed by atoms with E-state index in [1.807, 2.05) is 58.0 Å². The molecule has 28 heavy (non-hydrogen) atoms. The first kappa shape index (κ1) is 18.8. The summed E-state index contributed by atoms with van der Waals surface area (Å²) in [5.74, 6) is -0.119. The van der Waals surface area contributed by atoms with E-state index in [-0.39, 0.29) is 11.9 Å². The quantitative estimate of drug-likeness (QED) is 0.661. The molecule has 0 bridgehead atoms. The van der Waals surface area contributed by atoms with E-state index in [0.29, 0.717) is 18.4 Å². The number of fused-ring (bicyclic) bond motifs is 3. The van der Waals surface area contributed by atoms with Crippen LogP contribution in [0.3, 0.4) is 0 Å². The van der Waals surface area contributed by atoms with Gasteiger partial charge in [-0.25, -0.2) is 0 Å². The first-order valence-corrected chi connectivity index (χ1v) is 9.62. The molecule has 1 fully saturated rings. The van der Waals surface area contributed by atoms with E-state index in [4.69, 9.17) is 0 Å². The van der Waals surface area contributed by atoms with E-state index in [2.05, 4.69) is 15.3 Å². The van der Waals surface area contributed by atoms with Crippen molar-refractivity contribution < 1.29 is 10.0 Å². The second-order valence-electron chi connectivity index (χ2n) is 8.91. The van der Waals surface area contributed by atoms with Crippen molar-refractivity contribution in [3.63, 3.8) is 0 Å². The highest BCUT2D eigenvalue weighted by Crippen LogP contribution is 2.37. The van der Waals surface area contributed by atoms with Crippen molar-refractivity contribution in [3.8, 4) is 0 Å². The molecule has 0 atom stereocenters. The van der Waals surface area contributed by atoms with Crippen molar-refractivity contribution in [1.29, 1.82) is 0 Å². The summed E-state index contributed by atoms with van der Waals surface area (Å²) in [6.45, 7) is 7.98. The Morgan fingerprint density at radius 1 is 1.07 bits per heavy atom. The van der Waals surface area contributed by atoms with E-state index in [0.717, 1.165) is 21.8 Å². The van der Waals surface area contributed by atoms with Gasteiger partial charge in [0.25, 0.3) is 5.91 Å². The lowest BCUT2D eigenvalue weighted by Gasteiger charge is -2.51. The highest BCUT2D eigenvalue weighted by molar-refractivity contribution is 6.14. The molecule has 0 saturated carbocycles. The minimum Gasteiger partial charge on any atom is -0.349 e. The van der Waals surface area contributed by atoms with Crippen molar-refractivity contribution in [2.24, 2.45) is 0 Å². The van der Waals surface area contributed by atoms with Crippen LogP contribution < -0.4 is 5.32 Å². The number of carbonyl (C=O) groups excluding carboxylic acids is 1. The average molecular weight is 378 g/mol. The molecule has 1 amide bonds. The highest BCUT2D eigenvalue weighted by atomic mass is 16.5. The summed E-state index contributed by atoms with van der Waals surface area (Å²) in [7, 11) is 0. The van der Waals surface area contributed by atoms with Crippen molar-refractivity contribution in [1.82, 2.24) is 20.3 Å². The second-order valence-corrected chi connectivity index (χ2v) is 8.91. The van der Waals surface area contributed by atoms with Gasteiger partial charge in [0.1, 0.15) is 0 Å². The predicted octanol–water partition coefficient (Wildman–Crippen LogP) is 3.92. The lowest BCUT2D eigenvalue weighted by molar-refractivity contribution is -0.245. The van der Waals surface area contributed by atoms with Gasteiger partial charge in [-0.15, -0.1) is 0 Å². The zero-order valence-electron chi connectivity index (χ0n) is 16.7. The van der Waals surface area contributed by atoms with Crippen LogP contribution in [0.4, 0.5) is 0 Å². The minimum atomic E-state index is -0.420. The molecule has 1 aliphatic rings. The van der Waals surface area contributed by atoms with Crippen LogP contribution in [-0.2, 0) is 0 Å². The van der Waals surface area contributed by atoms with Crippen molar-refractivity contribution >= 4 is 27.7 Å². The topological polar surface area (TPSA) is 78.4 Å². The standard InChI is InChI=1S/C22H26N4O2/c1-21(2)12-15(13-22(3,4)26(21)28)25-20(27)17-11-14-7-5-9-23-18(14)19-16(17)8-6-10-24-19/h5-11,15,28H,12-13H2,1-4H3,(H,25,27). The van der Waals surface area contributed by atoms with Crippen molar-refractivity contribution in [3.05, 3.63) is 48.3 Å². The van der Waals surface area contributed by atoms with Crippen LogP contribution in [0.25, 0.3) is 21.8 Å². The molecule has 1 saturated heterocycles. The van der Waals surface area contributed by atoms with Crippen LogP contribution in [0.5, 0.6) is 0 Å². The van der Waals surface area contributed by atoms with Gasteiger partial charge in [-0.2, -0.15) is 5.06 Å². The number of hydroxylamine groups is 2. The SMILES string of the molecule is CC1(C)CC(NC(=O)c2cc3cccnc3c3ncccc23)CC(C)(C)N1O. The monoisotopic (exact) mass is 378 g/mol. The zero-order valence-corrected chi connectivity index (χ0v) is 16.7. The van der Waals surface area contributed by atoms with Gasteiger partial charge in [-0.1, -0.05) is 12.1 Å². The second kappa shape index (κ2) is 6.50. The first-order valence-electron chi connectivity index (χ1n) is 9.62. The molecule has 146 valence electrons. The van der Waals surface area contributed by atoms with Gasteiger partial charge in [0.15, 0.2) is 0 Å². The van der Waals surface area contributed by atoms with E-state index in [1.54, 1.807) is 12.4 Å². The van der Waals surface area contributed by atoms with Crippen LogP contribution in [-0.4, -0.2) is 43.3 Å². The van der Waals surface area contributed by atoms with E-state index >= 15 is 0 Å². The molecule has 2 aromatic heterocycles. The van der Waals surface area contributed by atoms with E-state index in [1.165, 1.54) is 5.06 Å². The van der Waals surface area contributed by atoms with Crippen LogP contribution in [0, 0.1) is 0 Å². The molecule has 3 heterocycles. The van der Waals surface area contributed by atoms with Gasteiger partial charge < -0.3 is 10.5 Å².